The molecule has 2 unspecified atom stereocenters. The van der Waals surface area contributed by atoms with Gasteiger partial charge >= 0.3 is 0 Å². The second kappa shape index (κ2) is 4.94. The summed E-state index contributed by atoms with van der Waals surface area (Å²) >= 11 is 1.95. The highest BCUT2D eigenvalue weighted by Crippen LogP contribution is 2.33. The molecule has 5 nitrogen and oxygen atoms in total. The van der Waals surface area contributed by atoms with Crippen molar-refractivity contribution < 1.29 is 0 Å². The zero-order chi connectivity index (χ0) is 10.7. The van der Waals surface area contributed by atoms with E-state index < -0.39 is 0 Å². The molecule has 6 heteroatoms. The first-order chi connectivity index (χ1) is 7.35. The van der Waals surface area contributed by atoms with Crippen LogP contribution >= 0.6 is 11.8 Å². The predicted octanol–water partition coefficient (Wildman–Crippen LogP) is 0.978. The number of nitrogens with two attached hydrogens (primary N) is 1. The average molecular weight is 227 g/mol. The zero-order valence-electron chi connectivity index (χ0n) is 8.96. The fraction of sp³-hybridized carbons (Fsp3) is 0.889. The normalized spacial score (nSPS) is 26.8. The van der Waals surface area contributed by atoms with Crippen LogP contribution in [0.5, 0.6) is 0 Å². The Balaban J connectivity index is 2.09. The van der Waals surface area contributed by atoms with Gasteiger partial charge in [0.15, 0.2) is 5.82 Å². The number of hydrogen-bond acceptors (Lipinski definition) is 5. The van der Waals surface area contributed by atoms with E-state index in [1.165, 1.54) is 25.7 Å². The topological polar surface area (TPSA) is 69.6 Å². The molecule has 0 amide bonds. The monoisotopic (exact) mass is 227 g/mol. The fourth-order valence-electron chi connectivity index (χ4n) is 2.19. The second-order valence-corrected chi connectivity index (χ2v) is 5.06. The summed E-state index contributed by atoms with van der Waals surface area (Å²) in [5, 5.41) is 12.4. The maximum absolute atomic E-state index is 5.60. The smallest absolute Gasteiger partial charge is 0.165 e. The molecular formula is C9H17N5S. The molecule has 2 rings (SSSR count). The van der Waals surface area contributed by atoms with Gasteiger partial charge < -0.3 is 5.73 Å². The van der Waals surface area contributed by atoms with E-state index in [0.717, 1.165) is 11.1 Å². The maximum Gasteiger partial charge on any atom is 0.165 e. The number of nitrogens with zero attached hydrogens (tertiary/aromatic N) is 4. The van der Waals surface area contributed by atoms with Crippen LogP contribution in [0.4, 0.5) is 0 Å². The van der Waals surface area contributed by atoms with Crippen LogP contribution in [0.1, 0.15) is 37.5 Å². The molecule has 0 radical (unpaired) electrons. The lowest BCUT2D eigenvalue weighted by Gasteiger charge is -2.28. The van der Waals surface area contributed by atoms with Gasteiger partial charge in [0.2, 0.25) is 0 Å². The summed E-state index contributed by atoms with van der Waals surface area (Å²) in [6.07, 6.45) is 7.10. The lowest BCUT2D eigenvalue weighted by atomic mass is 9.95. The van der Waals surface area contributed by atoms with E-state index in [1.807, 2.05) is 16.4 Å². The Morgan fingerprint density at radius 3 is 3.13 bits per heavy atom. The fourth-order valence-corrected chi connectivity index (χ4v) is 3.00. The first kappa shape index (κ1) is 10.9. The van der Waals surface area contributed by atoms with Crippen molar-refractivity contribution in [3.63, 3.8) is 0 Å². The highest BCUT2D eigenvalue weighted by Gasteiger charge is 2.24. The van der Waals surface area contributed by atoms with Crippen LogP contribution in [-0.4, -0.2) is 31.7 Å². The minimum Gasteiger partial charge on any atom is -0.324 e. The van der Waals surface area contributed by atoms with Gasteiger partial charge in [-0.15, -0.1) is 5.10 Å². The molecule has 0 aliphatic heterocycles. The number of tetrazole rings is 1. The van der Waals surface area contributed by atoms with E-state index in [1.54, 1.807) is 0 Å². The largest absolute Gasteiger partial charge is 0.324 e. The quantitative estimate of drug-likeness (QED) is 0.833. The summed E-state index contributed by atoms with van der Waals surface area (Å²) in [6.45, 7) is 0.424. The van der Waals surface area contributed by atoms with Crippen molar-refractivity contribution in [3.8, 4) is 0 Å². The molecule has 1 aromatic rings. The molecule has 1 saturated carbocycles. The Hall–Kier alpha value is -0.620. The van der Waals surface area contributed by atoms with E-state index in [0.29, 0.717) is 12.6 Å². The van der Waals surface area contributed by atoms with Gasteiger partial charge in [-0.25, -0.2) is 4.68 Å². The second-order valence-electron chi connectivity index (χ2n) is 3.92. The van der Waals surface area contributed by atoms with Gasteiger partial charge in [0.25, 0.3) is 0 Å². The number of hydrogen-bond donors (Lipinski definition) is 1. The van der Waals surface area contributed by atoms with Gasteiger partial charge in [-0.3, -0.25) is 0 Å². The minimum atomic E-state index is 0.424. The van der Waals surface area contributed by atoms with E-state index in [4.69, 9.17) is 5.73 Å². The van der Waals surface area contributed by atoms with Crippen LogP contribution in [-0.2, 0) is 6.54 Å². The summed E-state index contributed by atoms with van der Waals surface area (Å²) in [6, 6.07) is 0.449. The van der Waals surface area contributed by atoms with Gasteiger partial charge in [-0.2, -0.15) is 11.8 Å². The molecule has 1 aliphatic carbocycles. The summed E-state index contributed by atoms with van der Waals surface area (Å²) in [5.74, 6) is 0.807. The molecular weight excluding hydrogens is 210 g/mol. The van der Waals surface area contributed by atoms with E-state index in [2.05, 4.69) is 21.8 Å². The molecule has 2 N–H and O–H groups in total. The van der Waals surface area contributed by atoms with Crippen LogP contribution in [0.25, 0.3) is 0 Å². The molecule has 1 aliphatic rings. The molecule has 1 heterocycles. The van der Waals surface area contributed by atoms with Crippen LogP contribution in [0.2, 0.25) is 0 Å². The standard InChI is InChI=1S/C9H17N5S/c1-15-8-4-2-3-7(5-8)14-9(6-10)11-12-13-14/h7-8H,2-6,10H2,1H3. The molecule has 2 atom stereocenters. The third-order valence-corrected chi connectivity index (χ3v) is 4.12. The van der Waals surface area contributed by atoms with Crippen molar-refractivity contribution in [3.05, 3.63) is 5.82 Å². The summed E-state index contributed by atoms with van der Waals surface area (Å²) in [4.78, 5) is 0. The van der Waals surface area contributed by atoms with Crippen molar-refractivity contribution >= 4 is 11.8 Å². The van der Waals surface area contributed by atoms with Gasteiger partial charge in [0.05, 0.1) is 12.6 Å². The number of aromatic nitrogens is 4. The third kappa shape index (κ3) is 2.31. The van der Waals surface area contributed by atoms with Crippen LogP contribution < -0.4 is 5.73 Å². The predicted molar refractivity (Wildman–Crippen MR) is 60.5 cm³/mol. The van der Waals surface area contributed by atoms with Gasteiger partial charge in [0, 0.05) is 5.25 Å². The first-order valence-corrected chi connectivity index (χ1v) is 6.63. The SMILES string of the molecule is CSC1CCCC(n2nnnc2CN)C1. The summed E-state index contributed by atoms with van der Waals surface area (Å²) in [7, 11) is 0. The summed E-state index contributed by atoms with van der Waals surface area (Å²) < 4.78 is 1.92. The minimum absolute atomic E-state index is 0.424. The Morgan fingerprint density at radius 2 is 2.40 bits per heavy atom. The first-order valence-electron chi connectivity index (χ1n) is 5.34. The molecule has 0 saturated heterocycles. The average Bonchev–Trinajstić information content (AvgIpc) is 2.77. The molecule has 0 bridgehead atoms. The Morgan fingerprint density at radius 1 is 1.53 bits per heavy atom. The van der Waals surface area contributed by atoms with Crippen molar-refractivity contribution in [2.75, 3.05) is 6.26 Å². The van der Waals surface area contributed by atoms with E-state index >= 15 is 0 Å². The maximum atomic E-state index is 5.60. The van der Waals surface area contributed by atoms with Gasteiger partial charge in [-0.05, 0) is 35.9 Å². The highest BCUT2D eigenvalue weighted by atomic mass is 32.2. The Kier molecular flexibility index (Phi) is 3.58. The van der Waals surface area contributed by atoms with Crippen molar-refractivity contribution in [2.45, 2.75) is 43.5 Å². The number of rotatable bonds is 3. The van der Waals surface area contributed by atoms with Crippen LogP contribution in [0, 0.1) is 0 Å². The van der Waals surface area contributed by atoms with E-state index in [-0.39, 0.29) is 0 Å². The number of thioether (sulfide) groups is 1. The van der Waals surface area contributed by atoms with Crippen LogP contribution in [0.15, 0.2) is 0 Å². The van der Waals surface area contributed by atoms with E-state index in [9.17, 15) is 0 Å². The van der Waals surface area contributed by atoms with Crippen LogP contribution in [0.3, 0.4) is 0 Å². The van der Waals surface area contributed by atoms with Gasteiger partial charge in [-0.1, -0.05) is 6.42 Å². The van der Waals surface area contributed by atoms with Gasteiger partial charge in [0.1, 0.15) is 0 Å². The summed E-state index contributed by atoms with van der Waals surface area (Å²) in [5.41, 5.74) is 5.60. The molecule has 0 aromatic carbocycles. The molecule has 0 spiro atoms. The Bertz CT molecular complexity index is 313. The third-order valence-electron chi connectivity index (χ3n) is 3.02. The Labute approximate surface area is 93.8 Å². The molecule has 15 heavy (non-hydrogen) atoms. The molecule has 1 aromatic heterocycles. The van der Waals surface area contributed by atoms with Crippen molar-refractivity contribution in [1.82, 2.24) is 20.2 Å². The highest BCUT2D eigenvalue weighted by molar-refractivity contribution is 7.99. The van der Waals surface area contributed by atoms with Crippen molar-refractivity contribution in [1.29, 1.82) is 0 Å². The zero-order valence-corrected chi connectivity index (χ0v) is 9.78. The molecule has 1 fully saturated rings. The lowest BCUT2D eigenvalue weighted by Crippen LogP contribution is -2.24. The lowest BCUT2D eigenvalue weighted by molar-refractivity contribution is 0.323. The van der Waals surface area contributed by atoms with Crippen molar-refractivity contribution in [2.24, 2.45) is 5.73 Å². The molecule has 84 valence electrons.